The number of morpholine rings is 1. The van der Waals surface area contributed by atoms with Crippen molar-refractivity contribution in [2.75, 3.05) is 13.1 Å². The van der Waals surface area contributed by atoms with E-state index in [0.29, 0.717) is 19.5 Å². The number of aromatic amines is 1. The van der Waals surface area contributed by atoms with Gasteiger partial charge >= 0.3 is 0 Å². The molecule has 6 nitrogen and oxygen atoms in total. The quantitative estimate of drug-likeness (QED) is 0.848. The Balaban J connectivity index is 1.84. The summed E-state index contributed by atoms with van der Waals surface area (Å²) in [7, 11) is 0. The van der Waals surface area contributed by atoms with E-state index in [9.17, 15) is 9.59 Å². The number of hydrogen-bond acceptors (Lipinski definition) is 3. The molecule has 2 heterocycles. The highest BCUT2D eigenvalue weighted by Crippen LogP contribution is 2.21. The van der Waals surface area contributed by atoms with Gasteiger partial charge < -0.3 is 19.9 Å². The molecule has 2 aromatic rings. The Morgan fingerprint density at radius 2 is 1.89 bits per heavy atom. The Hall–Kier alpha value is -2.34. The summed E-state index contributed by atoms with van der Waals surface area (Å²) >= 11 is 0. The number of para-hydroxylation sites is 1. The first-order valence-electron chi connectivity index (χ1n) is 9.64. The number of nitrogens with zero attached hydrogens (tertiary/aromatic N) is 1. The molecule has 1 aliphatic rings. The summed E-state index contributed by atoms with van der Waals surface area (Å²) < 4.78 is 5.74. The van der Waals surface area contributed by atoms with Crippen LogP contribution in [0, 0.1) is 5.92 Å². The van der Waals surface area contributed by atoms with Gasteiger partial charge in [-0.2, -0.15) is 0 Å². The van der Waals surface area contributed by atoms with Gasteiger partial charge in [-0.3, -0.25) is 9.59 Å². The average molecular weight is 371 g/mol. The van der Waals surface area contributed by atoms with E-state index >= 15 is 0 Å². The number of hydrogen-bond donors (Lipinski definition) is 2. The molecule has 146 valence electrons. The fourth-order valence-electron chi connectivity index (χ4n) is 3.64. The highest BCUT2D eigenvalue weighted by molar-refractivity contribution is 5.90. The summed E-state index contributed by atoms with van der Waals surface area (Å²) in [6.07, 6.45) is 2.37. The highest BCUT2D eigenvalue weighted by Gasteiger charge is 2.32. The number of fused-ring (bicyclic) bond motifs is 1. The molecule has 1 aromatic heterocycles. The van der Waals surface area contributed by atoms with Crippen LogP contribution >= 0.6 is 0 Å². The minimum Gasteiger partial charge on any atom is -0.372 e. The van der Waals surface area contributed by atoms with Crippen molar-refractivity contribution in [1.82, 2.24) is 15.2 Å². The van der Waals surface area contributed by atoms with E-state index < -0.39 is 6.04 Å². The smallest absolute Gasteiger partial charge is 0.245 e. The van der Waals surface area contributed by atoms with Gasteiger partial charge in [0.05, 0.1) is 12.2 Å². The minimum atomic E-state index is -0.586. The third-order valence-corrected chi connectivity index (χ3v) is 4.97. The molecule has 0 saturated carbocycles. The number of nitrogens with one attached hydrogen (secondary N) is 2. The van der Waals surface area contributed by atoms with Crippen molar-refractivity contribution in [1.29, 1.82) is 0 Å². The van der Waals surface area contributed by atoms with Crippen LogP contribution in [0.5, 0.6) is 0 Å². The van der Waals surface area contributed by atoms with Crippen molar-refractivity contribution in [3.05, 3.63) is 36.0 Å². The van der Waals surface area contributed by atoms with Crippen LogP contribution in [0.4, 0.5) is 0 Å². The lowest BCUT2D eigenvalue weighted by Crippen LogP contribution is -2.56. The van der Waals surface area contributed by atoms with Gasteiger partial charge in [0.25, 0.3) is 0 Å². The van der Waals surface area contributed by atoms with Crippen molar-refractivity contribution in [3.63, 3.8) is 0 Å². The van der Waals surface area contributed by atoms with E-state index in [0.717, 1.165) is 16.5 Å². The third kappa shape index (κ3) is 4.50. The predicted molar refractivity (Wildman–Crippen MR) is 105 cm³/mol. The third-order valence-electron chi connectivity index (χ3n) is 4.97. The zero-order valence-electron chi connectivity index (χ0n) is 16.5. The molecule has 6 heteroatoms. The molecule has 3 unspecified atom stereocenters. The molecule has 0 radical (unpaired) electrons. The standard InChI is InChI=1S/C21H29N3O3/c1-13(2)20(25)23-19(21(26)24-11-14(3)27-15(4)12-24)9-16-10-22-18-8-6-5-7-17(16)18/h5-8,10,13-15,19,22H,9,11-12H2,1-4H3,(H,23,25). The Bertz CT molecular complexity index is 804. The largest absolute Gasteiger partial charge is 0.372 e. The summed E-state index contributed by atoms with van der Waals surface area (Å²) in [6, 6.07) is 7.41. The maximum atomic E-state index is 13.3. The Kier molecular flexibility index (Phi) is 5.85. The fraction of sp³-hybridized carbons (Fsp3) is 0.524. The molecule has 2 N–H and O–H groups in total. The van der Waals surface area contributed by atoms with E-state index in [1.807, 2.05) is 63.1 Å². The number of aromatic nitrogens is 1. The number of carbonyl (C=O) groups is 2. The van der Waals surface area contributed by atoms with Crippen LogP contribution in [-0.2, 0) is 20.7 Å². The lowest BCUT2D eigenvalue weighted by atomic mass is 10.0. The number of benzene rings is 1. The van der Waals surface area contributed by atoms with Crippen molar-refractivity contribution >= 4 is 22.7 Å². The van der Waals surface area contributed by atoms with Crippen LogP contribution in [0.15, 0.2) is 30.5 Å². The first-order valence-corrected chi connectivity index (χ1v) is 9.64. The monoisotopic (exact) mass is 371 g/mol. The minimum absolute atomic E-state index is 0.00719. The molecular formula is C21H29N3O3. The number of carbonyl (C=O) groups excluding carboxylic acids is 2. The van der Waals surface area contributed by atoms with Crippen molar-refractivity contribution in [2.24, 2.45) is 5.92 Å². The number of H-pyrrole nitrogens is 1. The molecule has 1 aromatic carbocycles. The van der Waals surface area contributed by atoms with Gasteiger partial charge in [0.2, 0.25) is 11.8 Å². The van der Waals surface area contributed by atoms with Crippen molar-refractivity contribution < 1.29 is 14.3 Å². The Morgan fingerprint density at radius 3 is 2.56 bits per heavy atom. The van der Waals surface area contributed by atoms with Gasteiger partial charge in [-0.05, 0) is 25.5 Å². The molecule has 0 aliphatic carbocycles. The molecule has 1 fully saturated rings. The molecular weight excluding hydrogens is 342 g/mol. The van der Waals surface area contributed by atoms with Crippen molar-refractivity contribution in [3.8, 4) is 0 Å². The average Bonchev–Trinajstić information content (AvgIpc) is 3.02. The lowest BCUT2D eigenvalue weighted by Gasteiger charge is -2.37. The van der Waals surface area contributed by atoms with E-state index in [1.54, 1.807) is 0 Å². The number of rotatable bonds is 5. The summed E-state index contributed by atoms with van der Waals surface area (Å²) in [5.74, 6) is -0.329. The Labute approximate surface area is 160 Å². The Morgan fingerprint density at radius 1 is 1.22 bits per heavy atom. The second-order valence-electron chi connectivity index (χ2n) is 7.78. The van der Waals surface area contributed by atoms with E-state index in [1.165, 1.54) is 0 Å². The highest BCUT2D eigenvalue weighted by atomic mass is 16.5. The van der Waals surface area contributed by atoms with E-state index in [-0.39, 0.29) is 29.9 Å². The fourth-order valence-corrected chi connectivity index (χ4v) is 3.64. The van der Waals surface area contributed by atoms with E-state index in [2.05, 4.69) is 10.3 Å². The molecule has 0 spiro atoms. The lowest BCUT2D eigenvalue weighted by molar-refractivity contribution is -0.147. The summed E-state index contributed by atoms with van der Waals surface area (Å²) in [5, 5.41) is 4.04. The van der Waals surface area contributed by atoms with Crippen molar-refractivity contribution in [2.45, 2.75) is 52.4 Å². The summed E-state index contributed by atoms with van der Waals surface area (Å²) in [6.45, 7) is 8.70. The van der Waals surface area contributed by atoms with Crippen LogP contribution in [0.2, 0.25) is 0 Å². The summed E-state index contributed by atoms with van der Waals surface area (Å²) in [4.78, 5) is 30.7. The van der Waals surface area contributed by atoms with Gasteiger partial charge in [0, 0.05) is 42.5 Å². The zero-order valence-corrected chi connectivity index (χ0v) is 16.5. The van der Waals surface area contributed by atoms with Crippen LogP contribution in [0.3, 0.4) is 0 Å². The van der Waals surface area contributed by atoms with Gasteiger partial charge in [-0.1, -0.05) is 32.0 Å². The van der Waals surface area contributed by atoms with Crippen LogP contribution in [-0.4, -0.2) is 53.0 Å². The SMILES string of the molecule is CC1CN(C(=O)C(Cc2c[nH]c3ccccc23)NC(=O)C(C)C)CC(C)O1. The van der Waals surface area contributed by atoms with Gasteiger partial charge in [-0.25, -0.2) is 0 Å². The molecule has 0 bridgehead atoms. The number of amides is 2. The number of ether oxygens (including phenoxy) is 1. The first kappa shape index (κ1) is 19.4. The molecule has 1 aliphatic heterocycles. The van der Waals surface area contributed by atoms with Gasteiger partial charge in [0.1, 0.15) is 6.04 Å². The maximum absolute atomic E-state index is 13.3. The summed E-state index contributed by atoms with van der Waals surface area (Å²) in [5.41, 5.74) is 2.06. The molecule has 3 rings (SSSR count). The zero-order chi connectivity index (χ0) is 19.6. The second-order valence-corrected chi connectivity index (χ2v) is 7.78. The topological polar surface area (TPSA) is 74.4 Å². The van der Waals surface area contributed by atoms with Gasteiger partial charge in [-0.15, -0.1) is 0 Å². The van der Waals surface area contributed by atoms with Crippen LogP contribution in [0.25, 0.3) is 10.9 Å². The normalized spacial score (nSPS) is 21.4. The molecule has 27 heavy (non-hydrogen) atoms. The second kappa shape index (κ2) is 8.13. The van der Waals surface area contributed by atoms with Gasteiger partial charge in [0.15, 0.2) is 0 Å². The molecule has 2 amide bonds. The molecule has 3 atom stereocenters. The van der Waals surface area contributed by atoms with Crippen LogP contribution in [0.1, 0.15) is 33.3 Å². The van der Waals surface area contributed by atoms with Crippen LogP contribution < -0.4 is 5.32 Å². The predicted octanol–water partition coefficient (Wildman–Crippen LogP) is 2.49. The molecule has 1 saturated heterocycles. The first-order chi connectivity index (χ1) is 12.8. The van der Waals surface area contributed by atoms with E-state index in [4.69, 9.17) is 4.74 Å². The maximum Gasteiger partial charge on any atom is 0.245 e.